The summed E-state index contributed by atoms with van der Waals surface area (Å²) in [5, 5.41) is 0. The van der Waals surface area contributed by atoms with E-state index in [1.54, 1.807) is 0 Å². The van der Waals surface area contributed by atoms with Crippen molar-refractivity contribution in [3.8, 4) is 0 Å². The van der Waals surface area contributed by atoms with Crippen LogP contribution in [-0.4, -0.2) is 18.0 Å². The predicted molar refractivity (Wildman–Crippen MR) is 78.6 cm³/mol. The molecule has 1 unspecified atom stereocenters. The van der Waals surface area contributed by atoms with Crippen LogP contribution in [0.5, 0.6) is 0 Å². The van der Waals surface area contributed by atoms with Crippen molar-refractivity contribution >= 4 is 17.5 Å². The van der Waals surface area contributed by atoms with Gasteiger partial charge < -0.3 is 0 Å². The van der Waals surface area contributed by atoms with Gasteiger partial charge in [-0.3, -0.25) is 4.79 Å². The van der Waals surface area contributed by atoms with Crippen molar-refractivity contribution in [1.29, 1.82) is 0 Å². The highest BCUT2D eigenvalue weighted by Gasteiger charge is 2.52. The van der Waals surface area contributed by atoms with Crippen molar-refractivity contribution in [2.24, 2.45) is 5.41 Å². The molecule has 0 heterocycles. The van der Waals surface area contributed by atoms with E-state index in [-0.39, 0.29) is 11.2 Å². The van der Waals surface area contributed by atoms with Crippen LogP contribution in [0.3, 0.4) is 0 Å². The molecular formula is C16H20F2OS. The van der Waals surface area contributed by atoms with E-state index < -0.39 is 6.43 Å². The predicted octanol–water partition coefficient (Wildman–Crippen LogP) is 4.91. The second-order valence-corrected chi connectivity index (χ2v) is 6.41. The maximum absolute atomic E-state index is 12.2. The molecule has 1 aromatic rings. The lowest BCUT2D eigenvalue weighted by atomic mass is 9.54. The summed E-state index contributed by atoms with van der Waals surface area (Å²) in [6.45, 7) is 4.14. The fraction of sp³-hybridized carbons (Fsp3) is 0.562. The third kappa shape index (κ3) is 2.76. The lowest BCUT2D eigenvalue weighted by molar-refractivity contribution is -0.141. The third-order valence-corrected chi connectivity index (χ3v) is 5.56. The van der Waals surface area contributed by atoms with E-state index in [2.05, 4.69) is 13.8 Å². The van der Waals surface area contributed by atoms with E-state index in [1.165, 1.54) is 11.8 Å². The molecule has 1 fully saturated rings. The molecule has 1 aliphatic carbocycles. The second-order valence-electron chi connectivity index (χ2n) is 5.31. The number of carbonyl (C=O) groups excluding carboxylic acids is 1. The van der Waals surface area contributed by atoms with Crippen molar-refractivity contribution < 1.29 is 13.6 Å². The van der Waals surface area contributed by atoms with Crippen molar-refractivity contribution in [1.82, 2.24) is 0 Å². The van der Waals surface area contributed by atoms with E-state index >= 15 is 0 Å². The Morgan fingerprint density at radius 2 is 1.85 bits per heavy atom. The van der Waals surface area contributed by atoms with Gasteiger partial charge in [-0.1, -0.05) is 26.0 Å². The first-order valence-electron chi connectivity index (χ1n) is 7.07. The summed E-state index contributed by atoms with van der Waals surface area (Å²) < 4.78 is 24.3. The number of benzene rings is 1. The summed E-state index contributed by atoms with van der Waals surface area (Å²) in [5.74, 6) is 0.484. The van der Waals surface area contributed by atoms with Gasteiger partial charge in [-0.25, -0.2) is 8.78 Å². The lowest BCUT2D eigenvalue weighted by Gasteiger charge is -2.47. The summed E-state index contributed by atoms with van der Waals surface area (Å²) >= 11 is 1.17. The normalized spacial score (nSPS) is 21.1. The van der Waals surface area contributed by atoms with Gasteiger partial charge in [0.15, 0.2) is 0 Å². The monoisotopic (exact) mass is 298 g/mol. The number of ketones is 1. The van der Waals surface area contributed by atoms with Gasteiger partial charge in [-0.05, 0) is 30.5 Å². The minimum atomic E-state index is -2.28. The zero-order chi connectivity index (χ0) is 14.8. The number of Topliss-reactive ketones (excluding diaryl/α,β-unsaturated/α-hetero) is 1. The van der Waals surface area contributed by atoms with Crippen LogP contribution >= 0.6 is 11.8 Å². The Morgan fingerprint density at radius 1 is 1.25 bits per heavy atom. The zero-order valence-electron chi connectivity index (χ0n) is 11.9. The molecular weight excluding hydrogens is 278 g/mol. The standard InChI is InChI=1S/C16H20F2OS/c1-3-16(4-2)13(9-14(16)19)11-5-7-12(8-6-11)20-10-15(17)18/h5-8,13,15H,3-4,9-10H2,1-2H3. The molecule has 4 heteroatoms. The van der Waals surface area contributed by atoms with E-state index in [0.717, 1.165) is 23.3 Å². The molecule has 0 spiro atoms. The lowest BCUT2D eigenvalue weighted by Crippen LogP contribution is -2.47. The Labute approximate surface area is 123 Å². The van der Waals surface area contributed by atoms with Gasteiger partial charge in [0.2, 0.25) is 6.43 Å². The maximum Gasteiger partial charge on any atom is 0.247 e. The molecule has 0 N–H and O–H groups in total. The first-order chi connectivity index (χ1) is 9.53. The van der Waals surface area contributed by atoms with E-state index in [4.69, 9.17) is 0 Å². The van der Waals surface area contributed by atoms with Gasteiger partial charge >= 0.3 is 0 Å². The van der Waals surface area contributed by atoms with Crippen LogP contribution in [0.15, 0.2) is 29.2 Å². The average molecular weight is 298 g/mol. The molecule has 2 rings (SSSR count). The highest BCUT2D eigenvalue weighted by molar-refractivity contribution is 7.99. The number of hydrogen-bond donors (Lipinski definition) is 0. The van der Waals surface area contributed by atoms with Crippen LogP contribution in [0.1, 0.15) is 44.6 Å². The van der Waals surface area contributed by atoms with Gasteiger partial charge in [0.1, 0.15) is 5.78 Å². The Hall–Kier alpha value is -0.900. The molecule has 1 saturated carbocycles. The zero-order valence-corrected chi connectivity index (χ0v) is 12.7. The molecule has 0 amide bonds. The van der Waals surface area contributed by atoms with Crippen LogP contribution in [0.4, 0.5) is 8.78 Å². The number of thioether (sulfide) groups is 1. The summed E-state index contributed by atoms with van der Waals surface area (Å²) in [6.07, 6.45) is 0.0753. The molecule has 1 nitrogen and oxygen atoms in total. The van der Waals surface area contributed by atoms with Crippen molar-refractivity contribution in [2.75, 3.05) is 5.75 Å². The molecule has 0 saturated heterocycles. The molecule has 0 radical (unpaired) electrons. The largest absolute Gasteiger partial charge is 0.299 e. The van der Waals surface area contributed by atoms with Crippen LogP contribution in [0.25, 0.3) is 0 Å². The number of alkyl halides is 2. The van der Waals surface area contributed by atoms with E-state index in [0.29, 0.717) is 18.1 Å². The Bertz CT molecular complexity index is 466. The van der Waals surface area contributed by atoms with E-state index in [9.17, 15) is 13.6 Å². The fourth-order valence-electron chi connectivity index (χ4n) is 3.18. The topological polar surface area (TPSA) is 17.1 Å². The van der Waals surface area contributed by atoms with Crippen molar-refractivity contribution in [2.45, 2.75) is 50.3 Å². The van der Waals surface area contributed by atoms with Crippen LogP contribution in [0, 0.1) is 5.41 Å². The third-order valence-electron chi connectivity index (χ3n) is 4.53. The minimum Gasteiger partial charge on any atom is -0.299 e. The van der Waals surface area contributed by atoms with Crippen LogP contribution in [0.2, 0.25) is 0 Å². The quantitative estimate of drug-likeness (QED) is 0.694. The molecule has 1 aromatic carbocycles. The van der Waals surface area contributed by atoms with Crippen molar-refractivity contribution in [3.63, 3.8) is 0 Å². The summed E-state index contributed by atoms with van der Waals surface area (Å²) in [6, 6.07) is 7.76. The Balaban J connectivity index is 2.09. The SMILES string of the molecule is CCC1(CC)C(=O)CC1c1ccc(SCC(F)F)cc1. The maximum atomic E-state index is 12.2. The summed E-state index contributed by atoms with van der Waals surface area (Å²) in [4.78, 5) is 12.8. The molecule has 110 valence electrons. The van der Waals surface area contributed by atoms with Gasteiger partial charge in [0, 0.05) is 22.6 Å². The number of hydrogen-bond acceptors (Lipinski definition) is 2. The molecule has 20 heavy (non-hydrogen) atoms. The molecule has 0 aromatic heterocycles. The molecule has 0 aliphatic heterocycles. The van der Waals surface area contributed by atoms with Crippen LogP contribution in [-0.2, 0) is 4.79 Å². The average Bonchev–Trinajstić information content (AvgIpc) is 2.45. The number of carbonyl (C=O) groups is 1. The van der Waals surface area contributed by atoms with Gasteiger partial charge in [-0.15, -0.1) is 11.8 Å². The van der Waals surface area contributed by atoms with Gasteiger partial charge in [-0.2, -0.15) is 0 Å². The van der Waals surface area contributed by atoms with Gasteiger partial charge in [0.25, 0.3) is 0 Å². The molecule has 1 atom stereocenters. The second kappa shape index (κ2) is 6.25. The first-order valence-corrected chi connectivity index (χ1v) is 8.06. The molecule has 1 aliphatic rings. The highest BCUT2D eigenvalue weighted by Crippen LogP contribution is 2.54. The highest BCUT2D eigenvalue weighted by atomic mass is 32.2. The van der Waals surface area contributed by atoms with Gasteiger partial charge in [0.05, 0.1) is 5.75 Å². The summed E-state index contributed by atoms with van der Waals surface area (Å²) in [5.41, 5.74) is 0.965. The Morgan fingerprint density at radius 3 is 2.30 bits per heavy atom. The minimum absolute atomic E-state index is 0.172. The fourth-order valence-corrected chi connectivity index (χ4v) is 3.82. The number of rotatable bonds is 6. The van der Waals surface area contributed by atoms with E-state index in [1.807, 2.05) is 24.3 Å². The van der Waals surface area contributed by atoms with Crippen molar-refractivity contribution in [3.05, 3.63) is 29.8 Å². The van der Waals surface area contributed by atoms with Crippen LogP contribution < -0.4 is 0 Å². The number of halogens is 2. The first kappa shape index (κ1) is 15.5. The Kier molecular flexibility index (Phi) is 4.84. The smallest absolute Gasteiger partial charge is 0.247 e. The molecule has 0 bridgehead atoms. The summed E-state index contributed by atoms with van der Waals surface area (Å²) in [7, 11) is 0.